The van der Waals surface area contributed by atoms with Gasteiger partial charge < -0.3 is 19.3 Å². The van der Waals surface area contributed by atoms with E-state index in [1.165, 1.54) is 4.68 Å². The summed E-state index contributed by atoms with van der Waals surface area (Å²) in [6.07, 6.45) is 0.195. The lowest BCUT2D eigenvalue weighted by atomic mass is 10.1. The fraction of sp³-hybridized carbons (Fsp3) is 0.650. The van der Waals surface area contributed by atoms with Gasteiger partial charge in [-0.05, 0) is 36.4 Å². The van der Waals surface area contributed by atoms with E-state index >= 15 is 0 Å². The Morgan fingerprint density at radius 3 is 2.81 bits per heavy atom. The van der Waals surface area contributed by atoms with Crippen LogP contribution in [-0.2, 0) is 20.6 Å². The average Bonchev–Trinajstić information content (AvgIpc) is 3.50. The predicted molar refractivity (Wildman–Crippen MR) is 121 cm³/mol. The maximum absolute atomic E-state index is 13.3. The van der Waals surface area contributed by atoms with Crippen molar-refractivity contribution < 1.29 is 31.4 Å². The van der Waals surface area contributed by atoms with Crippen molar-refractivity contribution in [1.29, 1.82) is 0 Å². The summed E-state index contributed by atoms with van der Waals surface area (Å²) in [4.78, 5) is 8.11. The Kier molecular flexibility index (Phi) is 7.30. The number of alkyl halides is 3. The van der Waals surface area contributed by atoms with Crippen LogP contribution in [0.5, 0.6) is 0 Å². The first-order valence-electron chi connectivity index (χ1n) is 11.6. The highest BCUT2D eigenvalue weighted by Gasteiger charge is 2.45. The maximum atomic E-state index is 13.3. The number of H-pyrrole nitrogens is 1. The van der Waals surface area contributed by atoms with E-state index in [0.717, 1.165) is 12.8 Å². The molecule has 0 bridgehead atoms. The van der Waals surface area contributed by atoms with Crippen molar-refractivity contribution in [3.05, 3.63) is 24.4 Å². The molecule has 0 saturated carbocycles. The van der Waals surface area contributed by atoms with E-state index in [0.29, 0.717) is 37.0 Å². The quantitative estimate of drug-likeness (QED) is 0.509. The number of aromatic nitrogens is 5. The first-order chi connectivity index (χ1) is 17.3. The summed E-state index contributed by atoms with van der Waals surface area (Å²) in [6, 6.07) is 0.0575. The van der Waals surface area contributed by atoms with Gasteiger partial charge in [0.1, 0.15) is 0 Å². The van der Waals surface area contributed by atoms with Crippen molar-refractivity contribution >= 4 is 28.8 Å². The molecule has 3 aliphatic heterocycles. The van der Waals surface area contributed by atoms with E-state index < -0.39 is 35.8 Å². The molecule has 36 heavy (non-hydrogen) atoms. The van der Waals surface area contributed by atoms with Crippen LogP contribution >= 0.6 is 0 Å². The molecule has 0 aliphatic carbocycles. The van der Waals surface area contributed by atoms with Gasteiger partial charge in [0, 0.05) is 44.6 Å². The summed E-state index contributed by atoms with van der Waals surface area (Å²) in [7, 11) is 0. The molecular weight excluding hydrogens is 505 g/mol. The summed E-state index contributed by atoms with van der Waals surface area (Å²) in [5.41, 5.74) is 0.648. The van der Waals surface area contributed by atoms with Crippen LogP contribution in [0, 0.1) is 0 Å². The van der Waals surface area contributed by atoms with Gasteiger partial charge in [-0.25, -0.2) is 0 Å². The van der Waals surface area contributed by atoms with Crippen molar-refractivity contribution in [1.82, 2.24) is 29.9 Å². The van der Waals surface area contributed by atoms with Crippen molar-refractivity contribution in [3.8, 4) is 0 Å². The molecule has 5 rings (SSSR count). The van der Waals surface area contributed by atoms with Gasteiger partial charge in [-0.2, -0.15) is 27.9 Å². The topological polar surface area (TPSA) is 136 Å². The minimum Gasteiger partial charge on any atom is -0.771 e. The number of hydrogen-bond donors (Lipinski definition) is 2. The molecule has 2 aromatic rings. The van der Waals surface area contributed by atoms with Crippen LogP contribution in [0.25, 0.3) is 6.08 Å². The second-order valence-corrected chi connectivity index (χ2v) is 9.76. The Labute approximate surface area is 207 Å². The third-order valence-corrected chi connectivity index (χ3v) is 6.97. The molecule has 0 aromatic carbocycles. The number of nitrogens with zero attached hydrogens (tertiary/aromatic N) is 6. The lowest BCUT2D eigenvalue weighted by Crippen LogP contribution is -2.43. The van der Waals surface area contributed by atoms with Crippen molar-refractivity contribution in [2.24, 2.45) is 0 Å². The molecule has 5 heterocycles. The van der Waals surface area contributed by atoms with Gasteiger partial charge >= 0.3 is 6.18 Å². The summed E-state index contributed by atoms with van der Waals surface area (Å²) in [5.74, 6) is 0.864. The number of aromatic amines is 1. The third-order valence-electron chi connectivity index (χ3n) is 6.39. The van der Waals surface area contributed by atoms with Gasteiger partial charge in [0.25, 0.3) is 0 Å². The smallest absolute Gasteiger partial charge is 0.414 e. The first kappa shape index (κ1) is 25.1. The minimum atomic E-state index is -4.47. The highest BCUT2D eigenvalue weighted by atomic mass is 32.2. The van der Waals surface area contributed by atoms with Gasteiger partial charge in [-0.3, -0.25) is 19.1 Å². The third kappa shape index (κ3) is 5.72. The number of ether oxygens (including phenoxy) is 2. The normalized spacial score (nSPS) is 26.7. The van der Waals surface area contributed by atoms with E-state index in [4.69, 9.17) is 9.47 Å². The molecule has 0 spiro atoms. The molecule has 0 amide bonds. The van der Waals surface area contributed by atoms with Crippen LogP contribution in [0.3, 0.4) is 0 Å². The largest absolute Gasteiger partial charge is 0.771 e. The van der Waals surface area contributed by atoms with Gasteiger partial charge in [-0.15, -0.1) is 5.10 Å². The Morgan fingerprint density at radius 2 is 2.11 bits per heavy atom. The molecule has 4 unspecified atom stereocenters. The molecule has 2 N–H and O–H groups in total. The van der Waals surface area contributed by atoms with Gasteiger partial charge in [0.05, 0.1) is 23.9 Å². The van der Waals surface area contributed by atoms with Crippen LogP contribution in [0.4, 0.5) is 24.8 Å². The number of fused-ring (bicyclic) bond motifs is 1. The number of piperidine rings is 1. The van der Waals surface area contributed by atoms with Gasteiger partial charge in [-0.1, -0.05) is 0 Å². The maximum Gasteiger partial charge on any atom is 0.414 e. The second-order valence-electron chi connectivity index (χ2n) is 8.90. The number of likely N-dealkylation sites (tertiary alicyclic amines) is 1. The van der Waals surface area contributed by atoms with Crippen molar-refractivity contribution in [2.45, 2.75) is 56.5 Å². The lowest BCUT2D eigenvalue weighted by Gasteiger charge is -2.37. The molecule has 16 heteroatoms. The molecule has 2 saturated heterocycles. The average molecular weight is 532 g/mol. The Balaban J connectivity index is 1.31. The SMILES string of the molecule is O=S([O-])CN1CCC(Nc2nc3n(n2)C(OC2CCOC(C(F)(F)F)C2)N(c2cn[nH]c2)C=C3)CC1. The Hall–Kier alpha value is -2.53. The zero-order valence-corrected chi connectivity index (χ0v) is 20.0. The summed E-state index contributed by atoms with van der Waals surface area (Å²) in [5, 5.41) is 14.5. The number of rotatable bonds is 7. The van der Waals surface area contributed by atoms with E-state index in [9.17, 15) is 21.9 Å². The summed E-state index contributed by atoms with van der Waals surface area (Å²) >= 11 is -2.11. The number of nitrogens with one attached hydrogen (secondary N) is 2. The highest BCUT2D eigenvalue weighted by Crippen LogP contribution is 2.35. The predicted octanol–water partition coefficient (Wildman–Crippen LogP) is 1.79. The Bertz CT molecular complexity index is 1070. The van der Waals surface area contributed by atoms with Gasteiger partial charge in [0.15, 0.2) is 11.9 Å². The van der Waals surface area contributed by atoms with E-state index in [-0.39, 0.29) is 24.9 Å². The Morgan fingerprint density at radius 1 is 1.31 bits per heavy atom. The fourth-order valence-corrected chi connectivity index (χ4v) is 5.12. The zero-order valence-electron chi connectivity index (χ0n) is 19.1. The number of hydrogen-bond acceptors (Lipinski definition) is 10. The molecule has 198 valence electrons. The van der Waals surface area contributed by atoms with Crippen molar-refractivity contribution in [3.63, 3.8) is 0 Å². The zero-order chi connectivity index (χ0) is 25.3. The standard InChI is InChI=1S/C20H27F3N8O4S/c21-20(22,23)16-9-15(4-8-34-16)35-19-30(14-10-24-25-11-14)7-3-17-27-18(28-31(17)19)26-13-1-5-29(6-2-13)12-36(32)33/h3,7,10-11,13,15-16,19H,1-2,4-6,8-9,12H2,(H,24,25)(H,26,28)(H,32,33)/p-1. The summed E-state index contributed by atoms with van der Waals surface area (Å²) < 4.78 is 74.3. The fourth-order valence-electron chi connectivity index (χ4n) is 4.56. The van der Waals surface area contributed by atoms with Crippen LogP contribution in [0.1, 0.15) is 37.9 Å². The molecule has 3 aliphatic rings. The first-order valence-corrected chi connectivity index (χ1v) is 12.8. The van der Waals surface area contributed by atoms with E-state index in [1.54, 1.807) is 29.6 Å². The van der Waals surface area contributed by atoms with Gasteiger partial charge in [0.2, 0.25) is 12.3 Å². The molecule has 12 nitrogen and oxygen atoms in total. The monoisotopic (exact) mass is 531 g/mol. The van der Waals surface area contributed by atoms with Crippen LogP contribution in [0.2, 0.25) is 0 Å². The molecule has 2 fully saturated rings. The number of halogens is 3. The molecular formula is C20H26F3N8O4S-. The van der Waals surface area contributed by atoms with Crippen LogP contribution in [0.15, 0.2) is 18.6 Å². The van der Waals surface area contributed by atoms with Crippen LogP contribution in [-0.4, -0.2) is 88.6 Å². The molecule has 0 radical (unpaired) electrons. The lowest BCUT2D eigenvalue weighted by molar-refractivity contribution is -0.248. The van der Waals surface area contributed by atoms with Crippen molar-refractivity contribution in [2.75, 3.05) is 35.8 Å². The molecule has 4 atom stereocenters. The highest BCUT2D eigenvalue weighted by molar-refractivity contribution is 7.79. The van der Waals surface area contributed by atoms with E-state index in [2.05, 4.69) is 25.6 Å². The second kappa shape index (κ2) is 10.5. The van der Waals surface area contributed by atoms with Crippen LogP contribution < -0.4 is 10.2 Å². The minimum absolute atomic E-state index is 0.0127. The molecule has 2 aromatic heterocycles. The summed E-state index contributed by atoms with van der Waals surface area (Å²) in [6.45, 7) is 1.20. The van der Waals surface area contributed by atoms with E-state index in [1.807, 2.05) is 4.90 Å². The number of anilines is 2.